The number of hydrogen-bond acceptors (Lipinski definition) is 16. The maximum Gasteiger partial charge on any atom is 0.345 e. The number of carbonyl (C=O) groups is 4. The number of benzene rings is 4. The summed E-state index contributed by atoms with van der Waals surface area (Å²) in [4.78, 5) is 59.6. The predicted molar refractivity (Wildman–Crippen MR) is 298 cm³/mol. The summed E-state index contributed by atoms with van der Waals surface area (Å²) in [5.41, 5.74) is 9.90. The van der Waals surface area contributed by atoms with Crippen LogP contribution >= 0.6 is 0 Å². The molecule has 0 amide bonds. The molecule has 16 nitrogen and oxygen atoms in total. The standard InChI is InChI=1S/C64H80O16/c1-9-17-21-25-37-41-29-43-38(26-22-18-10-2)45-31-47-40(28-24-20-12-4)48-32-46-39(27-23-19-11-3)44-30-42(37)54-49(61(65)69-13-5)53(41)73-33-75-55(43)50(62(66)70-14-6)57(45)77-35-79-59(47)52(64(68)72-16-8)60(48)80-36-78-58(46)51(63(67)71-15-7)56(44)76-34-74-54/h9-36H2,1-8H3. The summed E-state index contributed by atoms with van der Waals surface area (Å²) in [5.74, 6) is -0.501. The number of carbonyl (C=O) groups excluding carboxylic acids is 4. The minimum atomic E-state index is -0.647. The van der Waals surface area contributed by atoms with Crippen LogP contribution in [0.25, 0.3) is 0 Å². The van der Waals surface area contributed by atoms with E-state index in [-0.39, 0.29) is 120 Å². The van der Waals surface area contributed by atoms with Crippen LogP contribution in [0.15, 0.2) is 0 Å². The van der Waals surface area contributed by atoms with E-state index in [1.54, 1.807) is 27.7 Å². The smallest absolute Gasteiger partial charge is 0.345 e. The Kier molecular flexibility index (Phi) is 19.2. The van der Waals surface area contributed by atoms with E-state index in [4.69, 9.17) is 56.8 Å². The Morgan fingerprint density at radius 3 is 0.613 bits per heavy atom. The molecular formula is C64H80O16. The highest BCUT2D eigenvalue weighted by Gasteiger charge is 2.43. The van der Waals surface area contributed by atoms with Crippen molar-refractivity contribution >= 4 is 23.9 Å². The van der Waals surface area contributed by atoms with Crippen LogP contribution < -0.4 is 37.9 Å². The minimum absolute atomic E-state index is 0.0718. The third-order valence-corrected chi connectivity index (χ3v) is 16.0. The van der Waals surface area contributed by atoms with Gasteiger partial charge in [-0.25, -0.2) is 19.2 Å². The first-order valence-corrected chi connectivity index (χ1v) is 29.6. The average molecular weight is 1110 g/mol. The van der Waals surface area contributed by atoms with Crippen molar-refractivity contribution in [2.24, 2.45) is 0 Å². The van der Waals surface area contributed by atoms with Crippen LogP contribution in [-0.4, -0.2) is 77.5 Å². The average Bonchev–Trinajstić information content (AvgIpc) is 3.58. The molecule has 0 fully saturated rings. The molecule has 0 aromatic heterocycles. The van der Waals surface area contributed by atoms with Crippen LogP contribution in [0.4, 0.5) is 0 Å². The lowest BCUT2D eigenvalue weighted by molar-refractivity contribution is 0.0487. The minimum Gasteiger partial charge on any atom is -0.462 e. The van der Waals surface area contributed by atoms with Gasteiger partial charge in [0.25, 0.3) is 0 Å². The number of ether oxygens (including phenoxy) is 12. The highest BCUT2D eigenvalue weighted by Crippen LogP contribution is 2.54. The molecule has 0 atom stereocenters. The second-order valence-electron chi connectivity index (χ2n) is 20.9. The molecule has 0 saturated heterocycles. The largest absolute Gasteiger partial charge is 0.462 e. The fourth-order valence-electron chi connectivity index (χ4n) is 12.5. The zero-order chi connectivity index (χ0) is 56.5. The van der Waals surface area contributed by atoms with Gasteiger partial charge in [-0.15, -0.1) is 0 Å². The zero-order valence-electron chi connectivity index (χ0n) is 48.3. The molecule has 0 radical (unpaired) electrons. The summed E-state index contributed by atoms with van der Waals surface area (Å²) in [6.07, 6.45) is 13.4. The summed E-state index contributed by atoms with van der Waals surface area (Å²) in [5, 5.41) is 0. The number of unbranched alkanes of at least 4 members (excludes halogenated alkanes) is 8. The Morgan fingerprint density at radius 2 is 0.463 bits per heavy atom. The molecule has 8 bridgehead atoms. The quantitative estimate of drug-likeness (QED) is 0.0323. The van der Waals surface area contributed by atoms with Crippen molar-refractivity contribution in [2.45, 2.75) is 184 Å². The maximum absolute atomic E-state index is 14.9. The van der Waals surface area contributed by atoms with Gasteiger partial charge in [-0.05, 0) is 101 Å². The molecule has 4 aromatic rings. The Bertz CT molecular complexity index is 2470. The first-order chi connectivity index (χ1) is 39.1. The molecule has 4 aliphatic heterocycles. The molecule has 432 valence electrons. The molecule has 80 heavy (non-hydrogen) atoms. The second kappa shape index (κ2) is 26.6. The highest BCUT2D eigenvalue weighted by molar-refractivity contribution is 6.01. The highest BCUT2D eigenvalue weighted by atomic mass is 16.7. The van der Waals surface area contributed by atoms with Crippen molar-refractivity contribution in [1.29, 1.82) is 0 Å². The van der Waals surface area contributed by atoms with Crippen molar-refractivity contribution in [3.8, 4) is 46.0 Å². The summed E-state index contributed by atoms with van der Waals surface area (Å²) < 4.78 is 77.9. The van der Waals surface area contributed by atoms with E-state index >= 15 is 0 Å². The number of hydrogen-bond donors (Lipinski definition) is 0. The van der Waals surface area contributed by atoms with E-state index in [0.717, 1.165) is 144 Å². The van der Waals surface area contributed by atoms with Gasteiger partial charge in [0.05, 0.1) is 26.4 Å². The SMILES string of the molecule is CCCCCc1c2c3c(C(=O)OCC)c4c1Cc1c(CCCCC)c5c(c(C(=O)OCC)c1OCO4)OCOc1c(c(CCCCC)c4c(c1C(=O)OCC)OCOc1c(c(CCCCC)c(c(c1C(=O)OCC)OCO3)C2)C4)C5. The lowest BCUT2D eigenvalue weighted by Crippen LogP contribution is -2.28. The van der Waals surface area contributed by atoms with Gasteiger partial charge in [0.1, 0.15) is 68.2 Å². The van der Waals surface area contributed by atoms with Crippen LogP contribution in [0.5, 0.6) is 46.0 Å². The van der Waals surface area contributed by atoms with E-state index in [1.165, 1.54) is 0 Å². The second-order valence-corrected chi connectivity index (χ2v) is 20.9. The maximum atomic E-state index is 14.9. The molecule has 16 heteroatoms. The van der Waals surface area contributed by atoms with Gasteiger partial charge in [0.2, 0.25) is 27.2 Å². The third kappa shape index (κ3) is 11.2. The number of rotatable bonds is 24. The summed E-state index contributed by atoms with van der Waals surface area (Å²) in [6, 6.07) is 0. The van der Waals surface area contributed by atoms with Crippen molar-refractivity contribution in [3.63, 3.8) is 0 Å². The van der Waals surface area contributed by atoms with Gasteiger partial charge in [0, 0.05) is 70.2 Å². The topological polar surface area (TPSA) is 179 Å². The number of esters is 4. The van der Waals surface area contributed by atoms with Gasteiger partial charge < -0.3 is 56.8 Å². The fourth-order valence-corrected chi connectivity index (χ4v) is 12.5. The lowest BCUT2D eigenvalue weighted by atomic mass is 9.78. The molecule has 1 aliphatic carbocycles. The van der Waals surface area contributed by atoms with Crippen molar-refractivity contribution in [2.75, 3.05) is 53.6 Å². The van der Waals surface area contributed by atoms with Crippen LogP contribution in [-0.2, 0) is 70.3 Å². The summed E-state index contributed by atoms with van der Waals surface area (Å²) in [7, 11) is 0. The van der Waals surface area contributed by atoms with Crippen molar-refractivity contribution in [3.05, 3.63) is 89.0 Å². The van der Waals surface area contributed by atoms with Crippen LogP contribution in [0, 0.1) is 0 Å². The first-order valence-electron chi connectivity index (χ1n) is 29.6. The summed E-state index contributed by atoms with van der Waals surface area (Å²) in [6.45, 7) is 14.3. The molecule has 0 spiro atoms. The van der Waals surface area contributed by atoms with Crippen LogP contribution in [0.1, 0.15) is 241 Å². The van der Waals surface area contributed by atoms with Crippen LogP contribution in [0.2, 0.25) is 0 Å². The predicted octanol–water partition coefficient (Wildman–Crippen LogP) is 12.9. The zero-order valence-corrected chi connectivity index (χ0v) is 48.3. The van der Waals surface area contributed by atoms with Gasteiger partial charge in [-0.3, -0.25) is 0 Å². The Balaban J connectivity index is 1.55. The van der Waals surface area contributed by atoms with Gasteiger partial charge >= 0.3 is 23.9 Å². The Morgan fingerprint density at radius 1 is 0.287 bits per heavy atom. The van der Waals surface area contributed by atoms with Gasteiger partial charge in [-0.1, -0.05) is 79.1 Å². The molecule has 0 unspecified atom stereocenters. The van der Waals surface area contributed by atoms with E-state index in [2.05, 4.69) is 27.7 Å². The Hall–Kier alpha value is -6.84. The molecule has 0 N–H and O–H groups in total. The molecular weight excluding hydrogens is 1020 g/mol. The fraction of sp³-hybridized carbons (Fsp3) is 0.562. The van der Waals surface area contributed by atoms with E-state index in [9.17, 15) is 19.2 Å². The molecule has 0 saturated carbocycles. The monoisotopic (exact) mass is 1100 g/mol. The van der Waals surface area contributed by atoms with Crippen molar-refractivity contribution < 1.29 is 76.0 Å². The Labute approximate surface area is 470 Å². The van der Waals surface area contributed by atoms with E-state index in [1.807, 2.05) is 0 Å². The normalized spacial score (nSPS) is 14.1. The van der Waals surface area contributed by atoms with E-state index < -0.39 is 51.0 Å². The molecule has 9 rings (SSSR count). The molecule has 4 heterocycles. The van der Waals surface area contributed by atoms with Crippen LogP contribution in [0.3, 0.4) is 0 Å². The lowest BCUT2D eigenvalue weighted by Gasteiger charge is -2.35. The van der Waals surface area contributed by atoms with Gasteiger partial charge in [0.15, 0.2) is 0 Å². The summed E-state index contributed by atoms with van der Waals surface area (Å²) >= 11 is 0. The molecule has 4 aromatic carbocycles. The first kappa shape index (κ1) is 57.8. The molecule has 5 aliphatic rings. The van der Waals surface area contributed by atoms with Gasteiger partial charge in [-0.2, -0.15) is 0 Å². The van der Waals surface area contributed by atoms with Crippen molar-refractivity contribution in [1.82, 2.24) is 0 Å². The van der Waals surface area contributed by atoms with E-state index in [0.29, 0.717) is 25.7 Å². The third-order valence-electron chi connectivity index (χ3n) is 16.0.